The number of hydrogen-bond donors (Lipinski definition) is 1. The summed E-state index contributed by atoms with van der Waals surface area (Å²) in [5, 5.41) is 8.67. The number of carbonyl (C=O) groups is 1. The molecule has 1 aromatic carbocycles. The largest absolute Gasteiger partial charge is 0.394 e. The monoisotopic (exact) mass is 329 g/mol. The Balaban J connectivity index is 2.75. The van der Waals surface area contributed by atoms with E-state index < -0.39 is 0 Å². The molecule has 19 heavy (non-hydrogen) atoms. The van der Waals surface area contributed by atoms with Crippen LogP contribution < -0.4 is 4.90 Å². The number of aliphatic hydroxyl groups is 1. The van der Waals surface area contributed by atoms with Gasteiger partial charge in [-0.2, -0.15) is 0 Å². The fraction of sp³-hybridized carbons (Fsp3) is 0.500. The van der Waals surface area contributed by atoms with Gasteiger partial charge in [0.1, 0.15) is 0 Å². The van der Waals surface area contributed by atoms with Gasteiger partial charge in [0.15, 0.2) is 6.29 Å². The second kappa shape index (κ2) is 8.30. The quantitative estimate of drug-likeness (QED) is 0.588. The van der Waals surface area contributed by atoms with Crippen LogP contribution in [-0.2, 0) is 4.74 Å². The van der Waals surface area contributed by atoms with E-state index in [0.717, 1.165) is 23.0 Å². The van der Waals surface area contributed by atoms with Gasteiger partial charge in [0.25, 0.3) is 0 Å². The molecule has 0 aromatic heterocycles. The lowest BCUT2D eigenvalue weighted by Gasteiger charge is -2.29. The molecule has 0 radical (unpaired) electrons. The molecule has 0 fully saturated rings. The van der Waals surface area contributed by atoms with Gasteiger partial charge in [-0.25, -0.2) is 0 Å². The number of hydrogen-bond acceptors (Lipinski definition) is 4. The molecule has 0 saturated heterocycles. The Hall–Kier alpha value is -0.910. The average Bonchev–Trinajstić information content (AvgIpc) is 2.38. The van der Waals surface area contributed by atoms with Crippen LogP contribution in [0.5, 0.6) is 0 Å². The minimum Gasteiger partial charge on any atom is -0.394 e. The highest BCUT2D eigenvalue weighted by atomic mass is 79.9. The minimum atomic E-state index is 0.0429. The van der Waals surface area contributed by atoms with Crippen LogP contribution in [0.4, 0.5) is 5.69 Å². The SMILES string of the molecule is CC(C)N(CCOCCO)c1ccc(C=O)c(Br)c1. The van der Waals surface area contributed by atoms with E-state index in [1.807, 2.05) is 12.1 Å². The number of aldehydes is 1. The van der Waals surface area contributed by atoms with Crippen molar-refractivity contribution in [2.45, 2.75) is 19.9 Å². The highest BCUT2D eigenvalue weighted by Crippen LogP contribution is 2.24. The smallest absolute Gasteiger partial charge is 0.151 e. The molecule has 1 N–H and O–H groups in total. The Morgan fingerprint density at radius 1 is 1.42 bits per heavy atom. The third-order valence-corrected chi connectivity index (χ3v) is 3.46. The summed E-state index contributed by atoms with van der Waals surface area (Å²) in [7, 11) is 0. The van der Waals surface area contributed by atoms with E-state index in [9.17, 15) is 4.79 Å². The topological polar surface area (TPSA) is 49.8 Å². The van der Waals surface area contributed by atoms with Gasteiger partial charge < -0.3 is 14.7 Å². The molecule has 106 valence electrons. The van der Waals surface area contributed by atoms with E-state index >= 15 is 0 Å². The Kier molecular flexibility index (Phi) is 7.05. The maximum Gasteiger partial charge on any atom is 0.151 e. The number of benzene rings is 1. The Morgan fingerprint density at radius 3 is 2.68 bits per heavy atom. The number of nitrogens with zero attached hydrogens (tertiary/aromatic N) is 1. The number of carbonyl (C=O) groups excluding carboxylic acids is 1. The molecule has 0 aliphatic carbocycles. The second-order valence-corrected chi connectivity index (χ2v) is 5.30. The zero-order valence-corrected chi connectivity index (χ0v) is 12.9. The number of ether oxygens (including phenoxy) is 1. The zero-order chi connectivity index (χ0) is 14.3. The highest BCUT2D eigenvalue weighted by Gasteiger charge is 2.12. The lowest BCUT2D eigenvalue weighted by molar-refractivity contribution is 0.0961. The molecular weight excluding hydrogens is 310 g/mol. The molecule has 0 saturated carbocycles. The van der Waals surface area contributed by atoms with Gasteiger partial charge in [0, 0.05) is 28.3 Å². The summed E-state index contributed by atoms with van der Waals surface area (Å²) in [5.41, 5.74) is 1.68. The van der Waals surface area contributed by atoms with Crippen LogP contribution >= 0.6 is 15.9 Å². The van der Waals surface area contributed by atoms with E-state index in [-0.39, 0.29) is 6.61 Å². The van der Waals surface area contributed by atoms with E-state index in [1.165, 1.54) is 0 Å². The molecule has 1 rings (SSSR count). The predicted octanol–water partition coefficient (Wildman–Crippen LogP) is 2.49. The van der Waals surface area contributed by atoms with Crippen LogP contribution in [0.25, 0.3) is 0 Å². The van der Waals surface area contributed by atoms with E-state index in [4.69, 9.17) is 9.84 Å². The van der Waals surface area contributed by atoms with Crippen molar-refractivity contribution in [1.29, 1.82) is 0 Å². The first kappa shape index (κ1) is 16.1. The van der Waals surface area contributed by atoms with E-state index in [2.05, 4.69) is 34.7 Å². The molecule has 5 heteroatoms. The van der Waals surface area contributed by atoms with Gasteiger partial charge in [0.2, 0.25) is 0 Å². The molecule has 0 spiro atoms. The summed E-state index contributed by atoms with van der Waals surface area (Å²) in [6, 6.07) is 6.00. The molecule has 1 aromatic rings. The molecule has 0 aliphatic rings. The summed E-state index contributed by atoms with van der Waals surface area (Å²) in [5.74, 6) is 0. The zero-order valence-electron chi connectivity index (χ0n) is 11.3. The van der Waals surface area contributed by atoms with Crippen LogP contribution in [0.1, 0.15) is 24.2 Å². The third kappa shape index (κ3) is 4.93. The fourth-order valence-electron chi connectivity index (χ4n) is 1.81. The van der Waals surface area contributed by atoms with Gasteiger partial charge in [-0.1, -0.05) is 0 Å². The minimum absolute atomic E-state index is 0.0429. The van der Waals surface area contributed by atoms with Gasteiger partial charge in [0.05, 0.1) is 19.8 Å². The fourth-order valence-corrected chi connectivity index (χ4v) is 2.27. The summed E-state index contributed by atoms with van der Waals surface area (Å²) in [4.78, 5) is 13.0. The lowest BCUT2D eigenvalue weighted by Crippen LogP contribution is -2.34. The highest BCUT2D eigenvalue weighted by molar-refractivity contribution is 9.10. The summed E-state index contributed by atoms with van der Waals surface area (Å²) < 4.78 is 6.09. The average molecular weight is 330 g/mol. The van der Waals surface area contributed by atoms with Gasteiger partial charge >= 0.3 is 0 Å². The molecule has 4 nitrogen and oxygen atoms in total. The van der Waals surface area contributed by atoms with Gasteiger partial charge in [-0.15, -0.1) is 0 Å². The molecular formula is C14H20BrNO3. The van der Waals surface area contributed by atoms with Crippen molar-refractivity contribution in [3.63, 3.8) is 0 Å². The van der Waals surface area contributed by atoms with Gasteiger partial charge in [-0.3, -0.25) is 4.79 Å². The summed E-state index contributed by atoms with van der Waals surface area (Å²) >= 11 is 3.40. The predicted molar refractivity (Wildman–Crippen MR) is 79.9 cm³/mol. The van der Waals surface area contributed by atoms with Crippen molar-refractivity contribution in [3.05, 3.63) is 28.2 Å². The number of rotatable bonds is 8. The maximum absolute atomic E-state index is 10.8. The van der Waals surface area contributed by atoms with Crippen molar-refractivity contribution in [2.24, 2.45) is 0 Å². The molecule has 0 bridgehead atoms. The number of halogens is 1. The maximum atomic E-state index is 10.8. The molecule has 0 amide bonds. The number of aliphatic hydroxyl groups excluding tert-OH is 1. The summed E-state index contributed by atoms with van der Waals surface area (Å²) in [6.07, 6.45) is 0.831. The molecule has 0 unspecified atom stereocenters. The first-order valence-electron chi connectivity index (χ1n) is 6.30. The lowest BCUT2D eigenvalue weighted by atomic mass is 10.2. The van der Waals surface area contributed by atoms with Crippen molar-refractivity contribution in [1.82, 2.24) is 0 Å². The second-order valence-electron chi connectivity index (χ2n) is 4.45. The Bertz CT molecular complexity index is 410. The van der Waals surface area contributed by atoms with Crippen LogP contribution in [0.15, 0.2) is 22.7 Å². The van der Waals surface area contributed by atoms with Crippen LogP contribution in [0, 0.1) is 0 Å². The molecule has 0 aliphatic heterocycles. The van der Waals surface area contributed by atoms with E-state index in [0.29, 0.717) is 24.8 Å². The van der Waals surface area contributed by atoms with Crippen molar-refractivity contribution < 1.29 is 14.6 Å². The standard InChI is InChI=1S/C14H20BrNO3/c1-11(2)16(5-7-19-8-6-17)13-4-3-12(10-18)14(15)9-13/h3-4,9-11,17H,5-8H2,1-2H3. The van der Waals surface area contributed by atoms with Crippen LogP contribution in [-0.4, -0.2) is 43.8 Å². The van der Waals surface area contributed by atoms with Crippen LogP contribution in [0.2, 0.25) is 0 Å². The van der Waals surface area contributed by atoms with E-state index in [1.54, 1.807) is 6.07 Å². The normalized spacial score (nSPS) is 10.8. The Morgan fingerprint density at radius 2 is 2.16 bits per heavy atom. The van der Waals surface area contributed by atoms with Crippen molar-refractivity contribution in [2.75, 3.05) is 31.3 Å². The molecule has 0 heterocycles. The number of anilines is 1. The van der Waals surface area contributed by atoms with Crippen LogP contribution in [0.3, 0.4) is 0 Å². The third-order valence-electron chi connectivity index (χ3n) is 2.78. The van der Waals surface area contributed by atoms with Gasteiger partial charge in [-0.05, 0) is 48.0 Å². The summed E-state index contributed by atoms with van der Waals surface area (Å²) in [6.45, 7) is 5.92. The first-order valence-corrected chi connectivity index (χ1v) is 7.09. The van der Waals surface area contributed by atoms with Crippen molar-refractivity contribution >= 4 is 27.9 Å². The molecule has 0 atom stereocenters. The van der Waals surface area contributed by atoms with Crippen molar-refractivity contribution in [3.8, 4) is 0 Å². The Labute approximate surface area is 122 Å². The first-order chi connectivity index (χ1) is 9.10.